The van der Waals surface area contributed by atoms with Crippen LogP contribution in [0.15, 0.2) is 131 Å². The molecule has 0 heterocycles. The Kier molecular flexibility index (Phi) is 7.70. The zero-order valence-electron chi connectivity index (χ0n) is 28.9. The van der Waals surface area contributed by atoms with E-state index in [4.69, 9.17) is 8.37 Å². The van der Waals surface area contributed by atoms with E-state index in [2.05, 4.69) is 10.6 Å². The van der Waals surface area contributed by atoms with Crippen molar-refractivity contribution in [1.82, 2.24) is 0 Å². The standard InChI is InChI=1S/C42H32N2O8S2/c1-23(45)43-25-11-15-27(16-12-25)53(47,48)51-41-37-33-19-21-35(31-9-5-3-7-29(31)33)39(37)42(52-54(49,50)28-17-13-26(14-18-28)44-24(2)46)40-36-22-20-34(38(40)41)30-8-4-6-10-32(30)36/h3-22,33-36H,1-2H3,(H,43,45)(H,44,46). The highest BCUT2D eigenvalue weighted by molar-refractivity contribution is 7.87. The number of carbonyl (C=O) groups excluding carboxylic acids is 2. The maximum atomic E-state index is 14.3. The van der Waals surface area contributed by atoms with Crippen LogP contribution >= 0.6 is 0 Å². The van der Waals surface area contributed by atoms with Crippen LogP contribution in [0.1, 0.15) is 82.0 Å². The van der Waals surface area contributed by atoms with Crippen molar-refractivity contribution in [2.45, 2.75) is 47.3 Å². The summed E-state index contributed by atoms with van der Waals surface area (Å²) in [5, 5.41) is 5.30. The molecule has 4 bridgehead atoms. The lowest BCUT2D eigenvalue weighted by atomic mass is 9.61. The molecular formula is C42H32N2O8S2. The third-order valence-electron chi connectivity index (χ3n) is 10.4. The van der Waals surface area contributed by atoms with Crippen molar-refractivity contribution in [3.63, 3.8) is 0 Å². The molecule has 0 saturated carbocycles. The van der Waals surface area contributed by atoms with E-state index in [1.54, 1.807) is 0 Å². The lowest BCUT2D eigenvalue weighted by molar-refractivity contribution is -0.115. The van der Waals surface area contributed by atoms with Crippen LogP contribution in [0.5, 0.6) is 11.5 Å². The van der Waals surface area contributed by atoms with Crippen molar-refractivity contribution >= 4 is 43.4 Å². The fraction of sp³-hybridized carbons (Fsp3) is 0.143. The molecule has 0 fully saturated rings. The SMILES string of the molecule is CC(=O)Nc1ccc(S(=O)(=O)Oc2c3c(c(OS(=O)(=O)c4ccc(NC(C)=O)cc4)c4c2C2C=CC4c4ccccc42)C2C=CC3c3ccccc32)cc1. The second kappa shape index (κ2) is 12.3. The van der Waals surface area contributed by atoms with Crippen LogP contribution in [0.4, 0.5) is 11.4 Å². The number of amides is 2. The van der Waals surface area contributed by atoms with Crippen molar-refractivity contribution in [3.05, 3.63) is 166 Å². The largest absolute Gasteiger partial charge is 0.378 e. The maximum Gasteiger partial charge on any atom is 0.339 e. The van der Waals surface area contributed by atoms with Gasteiger partial charge in [-0.3, -0.25) is 9.59 Å². The van der Waals surface area contributed by atoms with E-state index < -0.39 is 43.9 Å². The van der Waals surface area contributed by atoms with Crippen LogP contribution in [0.3, 0.4) is 0 Å². The van der Waals surface area contributed by atoms with Crippen molar-refractivity contribution in [2.24, 2.45) is 0 Å². The molecule has 2 N–H and O–H groups in total. The smallest absolute Gasteiger partial charge is 0.339 e. The van der Waals surface area contributed by atoms with Gasteiger partial charge in [0.1, 0.15) is 9.79 Å². The number of hydrogen-bond donors (Lipinski definition) is 2. The fourth-order valence-electron chi connectivity index (χ4n) is 8.35. The molecule has 0 spiro atoms. The maximum absolute atomic E-state index is 14.3. The Balaban J connectivity index is 1.28. The first-order chi connectivity index (χ1) is 25.9. The molecule has 6 aliphatic carbocycles. The summed E-state index contributed by atoms with van der Waals surface area (Å²) < 4.78 is 69.9. The molecule has 5 aromatic carbocycles. The van der Waals surface area contributed by atoms with Gasteiger partial charge >= 0.3 is 20.2 Å². The fourth-order valence-corrected chi connectivity index (χ4v) is 10.3. The predicted molar refractivity (Wildman–Crippen MR) is 202 cm³/mol. The van der Waals surface area contributed by atoms with Gasteiger partial charge in [0, 0.05) is 71.1 Å². The molecule has 0 aliphatic heterocycles. The molecule has 12 heteroatoms. The minimum absolute atomic E-state index is 0.112. The highest BCUT2D eigenvalue weighted by Gasteiger charge is 2.48. The van der Waals surface area contributed by atoms with Gasteiger partial charge in [-0.15, -0.1) is 0 Å². The van der Waals surface area contributed by atoms with Crippen molar-refractivity contribution < 1.29 is 34.8 Å². The Morgan fingerprint density at radius 3 is 1.00 bits per heavy atom. The summed E-state index contributed by atoms with van der Waals surface area (Å²) in [6, 6.07) is 27.2. The van der Waals surface area contributed by atoms with Crippen molar-refractivity contribution in [2.75, 3.05) is 10.6 Å². The minimum atomic E-state index is -4.47. The third-order valence-corrected chi connectivity index (χ3v) is 12.9. The van der Waals surface area contributed by atoms with E-state index in [1.807, 2.05) is 72.8 Å². The van der Waals surface area contributed by atoms with E-state index >= 15 is 0 Å². The van der Waals surface area contributed by atoms with Crippen LogP contribution < -0.4 is 19.0 Å². The second-order valence-electron chi connectivity index (χ2n) is 13.7. The van der Waals surface area contributed by atoms with Gasteiger partial charge in [-0.1, -0.05) is 72.8 Å². The summed E-state index contributed by atoms with van der Waals surface area (Å²) in [6.45, 7) is 2.73. The Bertz CT molecular complexity index is 2440. The summed E-state index contributed by atoms with van der Waals surface area (Å²) in [6.07, 6.45) is 8.03. The highest BCUT2D eigenvalue weighted by atomic mass is 32.2. The number of hydrogen-bond acceptors (Lipinski definition) is 8. The van der Waals surface area contributed by atoms with Gasteiger partial charge in [-0.25, -0.2) is 0 Å². The molecular weight excluding hydrogens is 725 g/mol. The van der Waals surface area contributed by atoms with Gasteiger partial charge in [0.25, 0.3) is 0 Å². The second-order valence-corrected chi connectivity index (χ2v) is 16.8. The lowest BCUT2D eigenvalue weighted by Crippen LogP contribution is -2.30. The summed E-state index contributed by atoms with van der Waals surface area (Å²) >= 11 is 0. The quantitative estimate of drug-likeness (QED) is 0.123. The molecule has 10 nitrogen and oxygen atoms in total. The van der Waals surface area contributed by atoms with E-state index in [0.29, 0.717) is 33.6 Å². The molecule has 0 saturated heterocycles. The van der Waals surface area contributed by atoms with E-state index in [9.17, 15) is 26.4 Å². The molecule has 2 amide bonds. The molecule has 6 aliphatic rings. The number of carbonyl (C=O) groups is 2. The van der Waals surface area contributed by atoms with Crippen LogP contribution in [-0.2, 0) is 29.8 Å². The van der Waals surface area contributed by atoms with Gasteiger partial charge < -0.3 is 19.0 Å². The van der Waals surface area contributed by atoms with Crippen LogP contribution in [0.2, 0.25) is 0 Å². The minimum Gasteiger partial charge on any atom is -0.378 e. The average molecular weight is 757 g/mol. The van der Waals surface area contributed by atoms with Crippen LogP contribution in [0.25, 0.3) is 0 Å². The summed E-state index contributed by atoms with van der Waals surface area (Å²) in [4.78, 5) is 23.0. The Labute approximate surface area is 312 Å². The lowest BCUT2D eigenvalue weighted by Gasteiger charge is -2.44. The first-order valence-electron chi connectivity index (χ1n) is 17.3. The number of allylic oxidation sites excluding steroid dienone is 4. The predicted octanol–water partition coefficient (Wildman–Crippen LogP) is 7.43. The highest BCUT2D eigenvalue weighted by Crippen LogP contribution is 2.63. The van der Waals surface area contributed by atoms with Crippen LogP contribution in [-0.4, -0.2) is 28.6 Å². The van der Waals surface area contributed by atoms with Gasteiger partial charge in [0.2, 0.25) is 11.8 Å². The number of rotatable bonds is 8. The van der Waals surface area contributed by atoms with Crippen molar-refractivity contribution in [3.8, 4) is 11.5 Å². The molecule has 54 heavy (non-hydrogen) atoms. The number of nitrogens with one attached hydrogen (secondary N) is 2. The molecule has 0 radical (unpaired) electrons. The molecule has 5 aromatic rings. The topological polar surface area (TPSA) is 145 Å². The molecule has 270 valence electrons. The van der Waals surface area contributed by atoms with E-state index in [-0.39, 0.29) is 33.1 Å². The van der Waals surface area contributed by atoms with E-state index in [1.165, 1.54) is 62.4 Å². The molecule has 4 atom stereocenters. The van der Waals surface area contributed by atoms with Gasteiger partial charge in [0.05, 0.1) is 0 Å². The zero-order chi connectivity index (χ0) is 37.5. The average Bonchev–Trinajstić information content (AvgIpc) is 3.16. The summed E-state index contributed by atoms with van der Waals surface area (Å²) in [5.41, 5.74) is 6.82. The first kappa shape index (κ1) is 33.8. The van der Waals surface area contributed by atoms with Crippen LogP contribution in [0, 0.1) is 0 Å². The number of anilines is 2. The molecule has 0 aromatic heterocycles. The van der Waals surface area contributed by atoms with Gasteiger partial charge in [-0.2, -0.15) is 16.8 Å². The van der Waals surface area contributed by atoms with Gasteiger partial charge in [0.15, 0.2) is 11.5 Å². The molecule has 4 unspecified atom stereocenters. The zero-order valence-corrected chi connectivity index (χ0v) is 30.6. The van der Waals surface area contributed by atoms with Crippen molar-refractivity contribution in [1.29, 1.82) is 0 Å². The Morgan fingerprint density at radius 2 is 0.741 bits per heavy atom. The summed E-state index contributed by atoms with van der Waals surface area (Å²) in [5.74, 6) is -2.17. The first-order valence-corrected chi connectivity index (χ1v) is 20.1. The third kappa shape index (κ3) is 5.35. The normalized spacial score (nSPS) is 19.6. The number of benzene rings is 5. The summed E-state index contributed by atoms with van der Waals surface area (Å²) in [7, 11) is -8.94. The molecule has 11 rings (SSSR count). The monoisotopic (exact) mass is 756 g/mol. The Hall–Kier alpha value is -5.98. The van der Waals surface area contributed by atoms with E-state index in [0.717, 1.165) is 22.3 Å². The Morgan fingerprint density at radius 1 is 0.463 bits per heavy atom. The van der Waals surface area contributed by atoms with Gasteiger partial charge in [-0.05, 0) is 70.8 Å².